The fourth-order valence-electron chi connectivity index (χ4n) is 1.44. The first-order chi connectivity index (χ1) is 11.3. The Morgan fingerprint density at radius 2 is 1.13 bits per heavy atom. The molecule has 0 aliphatic carbocycles. The number of carbonyl (C=O) groups excluding carboxylic acids is 1. The van der Waals surface area contributed by atoms with Gasteiger partial charge in [-0.05, 0) is 6.42 Å². The molecule has 0 aromatic rings. The van der Waals surface area contributed by atoms with E-state index in [0.717, 1.165) is 13.0 Å². The summed E-state index contributed by atoms with van der Waals surface area (Å²) in [4.78, 5) is 10.9. The number of hydrogen-bond acceptors (Lipinski definition) is 6. The predicted molar refractivity (Wildman–Crippen MR) is 96.3 cm³/mol. The van der Waals surface area contributed by atoms with Crippen molar-refractivity contribution in [1.82, 2.24) is 5.32 Å². The van der Waals surface area contributed by atoms with Crippen LogP contribution in [0.2, 0.25) is 0 Å². The zero-order chi connectivity index (χ0) is 17.0. The highest BCUT2D eigenvalue weighted by molar-refractivity contribution is 14.1. The van der Waals surface area contributed by atoms with Gasteiger partial charge in [-0.1, -0.05) is 29.5 Å². The first-order valence-electron chi connectivity index (χ1n) is 8.02. The van der Waals surface area contributed by atoms with Gasteiger partial charge in [0.15, 0.2) is 0 Å². The van der Waals surface area contributed by atoms with Crippen LogP contribution in [-0.2, 0) is 28.5 Å². The third kappa shape index (κ3) is 20.0. The maximum Gasteiger partial charge on any atom is 0.229 e. The first-order valence-corrected chi connectivity index (χ1v) is 9.55. The van der Waals surface area contributed by atoms with Crippen molar-refractivity contribution in [2.75, 3.05) is 77.0 Å². The average Bonchev–Trinajstić information content (AvgIpc) is 2.57. The summed E-state index contributed by atoms with van der Waals surface area (Å²) in [7, 11) is 0. The lowest BCUT2D eigenvalue weighted by molar-refractivity contribution is -0.118. The van der Waals surface area contributed by atoms with Gasteiger partial charge in [-0.3, -0.25) is 4.79 Å². The second kappa shape index (κ2) is 20.0. The smallest absolute Gasteiger partial charge is 0.229 e. The molecule has 8 heteroatoms. The van der Waals surface area contributed by atoms with E-state index in [9.17, 15) is 4.79 Å². The number of nitrogens with one attached hydrogen (secondary N) is 1. The molecule has 0 aliphatic rings. The van der Waals surface area contributed by atoms with Crippen LogP contribution in [0.15, 0.2) is 0 Å². The molecule has 1 amide bonds. The summed E-state index contributed by atoms with van der Waals surface area (Å²) in [5.74, 6) is 0.0278. The fourth-order valence-corrected chi connectivity index (χ4v) is 1.71. The van der Waals surface area contributed by atoms with Crippen molar-refractivity contribution in [3.05, 3.63) is 0 Å². The molecule has 0 saturated carbocycles. The lowest BCUT2D eigenvalue weighted by atomic mass is 10.5. The molecule has 0 aliphatic heterocycles. The molecule has 138 valence electrons. The van der Waals surface area contributed by atoms with Gasteiger partial charge < -0.3 is 29.0 Å². The van der Waals surface area contributed by atoms with E-state index in [1.807, 2.05) is 22.6 Å². The van der Waals surface area contributed by atoms with Gasteiger partial charge in [0.05, 0.1) is 63.9 Å². The number of halogens is 1. The highest BCUT2D eigenvalue weighted by Crippen LogP contribution is 1.85. The SMILES string of the molecule is CCCOCCOCCOCCOCCOCCNC(=O)CI. The molecule has 7 nitrogen and oxygen atoms in total. The zero-order valence-electron chi connectivity index (χ0n) is 14.0. The normalized spacial score (nSPS) is 10.9. The maximum absolute atomic E-state index is 10.9. The van der Waals surface area contributed by atoms with Gasteiger partial charge >= 0.3 is 0 Å². The molecule has 0 atom stereocenters. The minimum atomic E-state index is 0.0278. The molecule has 0 aromatic heterocycles. The van der Waals surface area contributed by atoms with Crippen LogP contribution in [0.4, 0.5) is 0 Å². The van der Waals surface area contributed by atoms with Crippen LogP contribution in [-0.4, -0.2) is 82.9 Å². The molecule has 0 heterocycles. The predicted octanol–water partition coefficient (Wildman–Crippen LogP) is 1.03. The Balaban J connectivity index is 2.99. The van der Waals surface area contributed by atoms with Crippen LogP contribution >= 0.6 is 22.6 Å². The number of carbonyl (C=O) groups is 1. The third-order valence-corrected chi connectivity index (χ3v) is 3.22. The number of alkyl halides is 1. The third-order valence-electron chi connectivity index (χ3n) is 2.53. The Morgan fingerprint density at radius 1 is 0.739 bits per heavy atom. The van der Waals surface area contributed by atoms with Crippen LogP contribution in [0.1, 0.15) is 13.3 Å². The van der Waals surface area contributed by atoms with E-state index in [2.05, 4.69) is 12.2 Å². The van der Waals surface area contributed by atoms with Gasteiger partial charge in [-0.2, -0.15) is 0 Å². The van der Waals surface area contributed by atoms with E-state index in [0.29, 0.717) is 70.4 Å². The van der Waals surface area contributed by atoms with Crippen LogP contribution in [0.5, 0.6) is 0 Å². The molecule has 0 saturated heterocycles. The molecular formula is C15H30INO6. The van der Waals surface area contributed by atoms with Crippen molar-refractivity contribution >= 4 is 28.5 Å². The summed E-state index contributed by atoms with van der Waals surface area (Å²) in [6, 6.07) is 0. The molecule has 0 spiro atoms. The van der Waals surface area contributed by atoms with E-state index in [-0.39, 0.29) is 5.91 Å². The highest BCUT2D eigenvalue weighted by Gasteiger charge is 1.96. The summed E-state index contributed by atoms with van der Waals surface area (Å²) in [6.45, 7) is 8.39. The largest absolute Gasteiger partial charge is 0.379 e. The molecule has 0 fully saturated rings. The molecule has 1 N–H and O–H groups in total. The van der Waals surface area contributed by atoms with Crippen LogP contribution < -0.4 is 5.32 Å². The fraction of sp³-hybridized carbons (Fsp3) is 0.933. The van der Waals surface area contributed by atoms with Crippen LogP contribution in [0.3, 0.4) is 0 Å². The number of ether oxygens (including phenoxy) is 5. The van der Waals surface area contributed by atoms with Gasteiger partial charge in [0.2, 0.25) is 5.91 Å². The standard InChI is InChI=1S/C15H30INO6/c1-2-4-19-6-8-21-10-12-23-13-11-22-9-7-20-5-3-17-15(18)14-16/h2-14H2,1H3,(H,17,18). The quantitative estimate of drug-likeness (QED) is 0.192. The van der Waals surface area contributed by atoms with E-state index in [4.69, 9.17) is 23.7 Å². The van der Waals surface area contributed by atoms with Crippen LogP contribution in [0, 0.1) is 0 Å². The second-order valence-corrected chi connectivity index (χ2v) is 5.31. The van der Waals surface area contributed by atoms with Gasteiger partial charge in [0.1, 0.15) is 0 Å². The van der Waals surface area contributed by atoms with Gasteiger partial charge in [-0.15, -0.1) is 0 Å². The minimum Gasteiger partial charge on any atom is -0.379 e. The summed E-state index contributed by atoms with van der Waals surface area (Å²) in [5.41, 5.74) is 0. The van der Waals surface area contributed by atoms with Gasteiger partial charge in [0.25, 0.3) is 0 Å². The van der Waals surface area contributed by atoms with Crippen molar-refractivity contribution in [3.63, 3.8) is 0 Å². The second-order valence-electron chi connectivity index (χ2n) is 4.55. The monoisotopic (exact) mass is 447 g/mol. The molecule has 23 heavy (non-hydrogen) atoms. The maximum atomic E-state index is 10.9. The average molecular weight is 447 g/mol. The summed E-state index contributed by atoms with van der Waals surface area (Å²) < 4.78 is 27.1. The Bertz CT molecular complexity index is 258. The topological polar surface area (TPSA) is 75.2 Å². The summed E-state index contributed by atoms with van der Waals surface area (Å²) >= 11 is 2.02. The van der Waals surface area contributed by atoms with Crippen molar-refractivity contribution < 1.29 is 28.5 Å². The van der Waals surface area contributed by atoms with E-state index < -0.39 is 0 Å². The van der Waals surface area contributed by atoms with E-state index in [1.165, 1.54) is 0 Å². The molecule has 0 unspecified atom stereocenters. The Kier molecular flexibility index (Phi) is 20.0. The summed E-state index contributed by atoms with van der Waals surface area (Å²) in [5, 5.41) is 2.73. The summed E-state index contributed by atoms with van der Waals surface area (Å²) in [6.07, 6.45) is 1.03. The molecule has 0 aromatic carbocycles. The van der Waals surface area contributed by atoms with Crippen molar-refractivity contribution in [1.29, 1.82) is 0 Å². The number of amides is 1. The van der Waals surface area contributed by atoms with E-state index in [1.54, 1.807) is 0 Å². The minimum absolute atomic E-state index is 0.0278. The van der Waals surface area contributed by atoms with Crippen molar-refractivity contribution in [2.45, 2.75) is 13.3 Å². The number of rotatable bonds is 18. The molecule has 0 radical (unpaired) electrons. The van der Waals surface area contributed by atoms with Gasteiger partial charge in [-0.25, -0.2) is 0 Å². The first kappa shape index (κ1) is 23.0. The Labute approximate surface area is 152 Å². The van der Waals surface area contributed by atoms with Gasteiger partial charge in [0, 0.05) is 13.2 Å². The molecule has 0 bridgehead atoms. The Hall–Kier alpha value is 0. The van der Waals surface area contributed by atoms with Crippen molar-refractivity contribution in [2.24, 2.45) is 0 Å². The Morgan fingerprint density at radius 3 is 1.52 bits per heavy atom. The van der Waals surface area contributed by atoms with Crippen molar-refractivity contribution in [3.8, 4) is 0 Å². The lowest BCUT2D eigenvalue weighted by Crippen LogP contribution is -2.28. The van der Waals surface area contributed by atoms with E-state index >= 15 is 0 Å². The molecule has 0 rings (SSSR count). The number of hydrogen-bond donors (Lipinski definition) is 1. The zero-order valence-corrected chi connectivity index (χ0v) is 16.2. The van der Waals surface area contributed by atoms with Crippen LogP contribution in [0.25, 0.3) is 0 Å². The highest BCUT2D eigenvalue weighted by atomic mass is 127. The molecular weight excluding hydrogens is 417 g/mol. The lowest BCUT2D eigenvalue weighted by Gasteiger charge is -2.08.